The lowest BCUT2D eigenvalue weighted by Crippen LogP contribution is -2.10. The van der Waals surface area contributed by atoms with Gasteiger partial charge in [0.1, 0.15) is 12.7 Å². The van der Waals surface area contributed by atoms with Crippen molar-refractivity contribution in [2.75, 3.05) is 4.90 Å². The predicted molar refractivity (Wildman–Crippen MR) is 214 cm³/mol. The first kappa shape index (κ1) is 30.4. The van der Waals surface area contributed by atoms with E-state index in [1.807, 2.05) is 12.3 Å². The summed E-state index contributed by atoms with van der Waals surface area (Å²) in [6.07, 6.45) is 8.91. The molecule has 0 atom stereocenters. The minimum absolute atomic E-state index is 0.639. The van der Waals surface area contributed by atoms with E-state index < -0.39 is 0 Å². The zero-order valence-electron chi connectivity index (χ0n) is 28.5. The standard InChI is InChI=1S/C46H31N7/c1-3-9-36(10-4-1)51-25-23-34-26-45-42(28-44(34)51)41-27-40(21-22-43(41)53(45)37-11-5-2-6-12-37)52(38-17-13-32(14-18-38)35-8-7-24-47-29-35)39-19-15-33(16-20-39)46-49-30-48-31-50-46/h1-31H. The average Bonchev–Trinajstić information content (AvgIpc) is 3.80. The molecule has 0 saturated heterocycles. The lowest BCUT2D eigenvalue weighted by Gasteiger charge is -2.26. The van der Waals surface area contributed by atoms with Crippen LogP contribution < -0.4 is 4.90 Å². The maximum atomic E-state index is 4.37. The Morgan fingerprint density at radius 3 is 1.81 bits per heavy atom. The van der Waals surface area contributed by atoms with Gasteiger partial charge in [-0.25, -0.2) is 15.0 Å². The van der Waals surface area contributed by atoms with Crippen LogP contribution in [-0.4, -0.2) is 29.1 Å². The number of hydrogen-bond acceptors (Lipinski definition) is 5. The lowest BCUT2D eigenvalue weighted by molar-refractivity contribution is 1.06. The van der Waals surface area contributed by atoms with E-state index in [9.17, 15) is 0 Å². The molecule has 4 heterocycles. The van der Waals surface area contributed by atoms with Gasteiger partial charge in [0.2, 0.25) is 0 Å². The Labute approximate surface area is 305 Å². The van der Waals surface area contributed by atoms with E-state index in [0.717, 1.165) is 61.7 Å². The number of benzene rings is 6. The van der Waals surface area contributed by atoms with Gasteiger partial charge in [0.05, 0.1) is 16.6 Å². The van der Waals surface area contributed by atoms with Crippen molar-refractivity contribution < 1.29 is 0 Å². The molecule has 0 fully saturated rings. The first-order valence-electron chi connectivity index (χ1n) is 17.5. The quantitative estimate of drug-likeness (QED) is 0.167. The molecule has 0 radical (unpaired) electrons. The van der Waals surface area contributed by atoms with Gasteiger partial charge in [0, 0.05) is 68.7 Å². The van der Waals surface area contributed by atoms with Crippen LogP contribution in [0.15, 0.2) is 189 Å². The van der Waals surface area contributed by atoms with Gasteiger partial charge < -0.3 is 14.0 Å². The van der Waals surface area contributed by atoms with E-state index in [1.165, 1.54) is 28.8 Å². The smallest absolute Gasteiger partial charge is 0.162 e. The Morgan fingerprint density at radius 1 is 0.453 bits per heavy atom. The second-order valence-corrected chi connectivity index (χ2v) is 13.0. The summed E-state index contributed by atoms with van der Waals surface area (Å²) in [5.74, 6) is 0.639. The molecule has 0 N–H and O–H groups in total. The van der Waals surface area contributed by atoms with E-state index in [0.29, 0.717) is 5.82 Å². The minimum Gasteiger partial charge on any atom is -0.317 e. The third-order valence-corrected chi connectivity index (χ3v) is 9.86. The van der Waals surface area contributed by atoms with Crippen molar-refractivity contribution >= 4 is 49.8 Å². The molecule has 53 heavy (non-hydrogen) atoms. The number of nitrogens with zero attached hydrogens (tertiary/aromatic N) is 7. The van der Waals surface area contributed by atoms with Crippen molar-refractivity contribution in [1.29, 1.82) is 0 Å². The zero-order valence-corrected chi connectivity index (χ0v) is 28.5. The third kappa shape index (κ3) is 5.39. The van der Waals surface area contributed by atoms with E-state index in [2.05, 4.69) is 192 Å². The molecule has 6 aromatic carbocycles. The fraction of sp³-hybridized carbons (Fsp3) is 0. The van der Waals surface area contributed by atoms with E-state index in [4.69, 9.17) is 0 Å². The van der Waals surface area contributed by atoms with Gasteiger partial charge in [-0.2, -0.15) is 0 Å². The van der Waals surface area contributed by atoms with Crippen LogP contribution in [-0.2, 0) is 0 Å². The zero-order chi connectivity index (χ0) is 35.1. The van der Waals surface area contributed by atoms with Crippen molar-refractivity contribution in [3.8, 4) is 33.9 Å². The molecule has 0 aliphatic carbocycles. The Kier molecular flexibility index (Phi) is 7.32. The first-order valence-corrected chi connectivity index (χ1v) is 17.5. The molecule has 7 nitrogen and oxygen atoms in total. The molecule has 4 aromatic heterocycles. The molecule has 0 bridgehead atoms. The lowest BCUT2D eigenvalue weighted by atomic mass is 10.1. The molecule has 7 heteroatoms. The molecule has 0 aliphatic rings. The Bertz CT molecular complexity index is 2770. The molecule has 0 aliphatic heterocycles. The molecule has 0 unspecified atom stereocenters. The van der Waals surface area contributed by atoms with Gasteiger partial charge in [0.15, 0.2) is 5.82 Å². The Hall–Kier alpha value is -7.38. The highest BCUT2D eigenvalue weighted by atomic mass is 15.1. The summed E-state index contributed by atoms with van der Waals surface area (Å²) in [5, 5.41) is 3.55. The van der Waals surface area contributed by atoms with Crippen molar-refractivity contribution in [3.05, 3.63) is 189 Å². The van der Waals surface area contributed by atoms with E-state index >= 15 is 0 Å². The van der Waals surface area contributed by atoms with Gasteiger partial charge in [-0.05, 0) is 114 Å². The SMILES string of the molecule is c1ccc(-n2ccc3cc4c(cc32)c2cc(N(c3ccc(-c5cccnc5)cc3)c3ccc(-c5ncncn5)cc3)ccc2n4-c2ccccc2)cc1. The molecule has 10 rings (SSSR count). The average molecular weight is 682 g/mol. The van der Waals surface area contributed by atoms with Gasteiger partial charge in [-0.1, -0.05) is 54.6 Å². The predicted octanol–water partition coefficient (Wildman–Crippen LogP) is 11.1. The second-order valence-electron chi connectivity index (χ2n) is 13.0. The van der Waals surface area contributed by atoms with Crippen LogP contribution >= 0.6 is 0 Å². The van der Waals surface area contributed by atoms with Crippen molar-refractivity contribution in [3.63, 3.8) is 0 Å². The van der Waals surface area contributed by atoms with E-state index in [1.54, 1.807) is 6.20 Å². The molecular weight excluding hydrogens is 651 g/mol. The fourth-order valence-corrected chi connectivity index (χ4v) is 7.38. The van der Waals surface area contributed by atoms with Crippen molar-refractivity contribution in [2.45, 2.75) is 0 Å². The number of anilines is 3. The maximum absolute atomic E-state index is 4.37. The van der Waals surface area contributed by atoms with Crippen LogP contribution in [0.1, 0.15) is 0 Å². The monoisotopic (exact) mass is 681 g/mol. The summed E-state index contributed by atoms with van der Waals surface area (Å²) in [6.45, 7) is 0. The van der Waals surface area contributed by atoms with E-state index in [-0.39, 0.29) is 0 Å². The summed E-state index contributed by atoms with van der Waals surface area (Å²) in [5.41, 5.74) is 11.9. The van der Waals surface area contributed by atoms with Crippen LogP contribution in [0.4, 0.5) is 17.1 Å². The topological polar surface area (TPSA) is 64.7 Å². The van der Waals surface area contributed by atoms with Gasteiger partial charge >= 0.3 is 0 Å². The summed E-state index contributed by atoms with van der Waals surface area (Å²) in [6, 6.07) is 55.9. The highest BCUT2D eigenvalue weighted by Gasteiger charge is 2.19. The van der Waals surface area contributed by atoms with Gasteiger partial charge in [-0.15, -0.1) is 0 Å². The first-order chi connectivity index (χ1) is 26.3. The molecule has 0 spiro atoms. The Balaban J connectivity index is 1.18. The highest BCUT2D eigenvalue weighted by molar-refractivity contribution is 6.14. The Morgan fingerprint density at radius 2 is 1.11 bits per heavy atom. The van der Waals surface area contributed by atoms with Gasteiger partial charge in [-0.3, -0.25) is 4.98 Å². The number of aromatic nitrogens is 6. The second kappa shape index (κ2) is 12.7. The molecule has 250 valence electrons. The van der Waals surface area contributed by atoms with Crippen molar-refractivity contribution in [2.24, 2.45) is 0 Å². The van der Waals surface area contributed by atoms with Crippen molar-refractivity contribution in [1.82, 2.24) is 29.1 Å². The summed E-state index contributed by atoms with van der Waals surface area (Å²) in [4.78, 5) is 19.4. The van der Waals surface area contributed by atoms with Crippen LogP contribution in [0.3, 0.4) is 0 Å². The highest BCUT2D eigenvalue weighted by Crippen LogP contribution is 2.41. The normalized spacial score (nSPS) is 11.4. The summed E-state index contributed by atoms with van der Waals surface area (Å²) < 4.78 is 4.65. The molecule has 0 amide bonds. The molecular formula is C46H31N7. The molecule has 10 aromatic rings. The number of fused-ring (bicyclic) bond motifs is 4. The summed E-state index contributed by atoms with van der Waals surface area (Å²) in [7, 11) is 0. The largest absolute Gasteiger partial charge is 0.317 e. The number of hydrogen-bond donors (Lipinski definition) is 0. The molecule has 0 saturated carbocycles. The summed E-state index contributed by atoms with van der Waals surface area (Å²) >= 11 is 0. The fourth-order valence-electron chi connectivity index (χ4n) is 7.38. The van der Waals surface area contributed by atoms with Crippen LogP contribution in [0.2, 0.25) is 0 Å². The number of rotatable bonds is 7. The third-order valence-electron chi connectivity index (χ3n) is 9.86. The van der Waals surface area contributed by atoms with Crippen LogP contribution in [0, 0.1) is 0 Å². The van der Waals surface area contributed by atoms with Crippen LogP contribution in [0.25, 0.3) is 66.6 Å². The minimum atomic E-state index is 0.639. The van der Waals surface area contributed by atoms with Crippen LogP contribution in [0.5, 0.6) is 0 Å². The van der Waals surface area contributed by atoms with Gasteiger partial charge in [0.25, 0.3) is 0 Å². The maximum Gasteiger partial charge on any atom is 0.162 e. The number of para-hydroxylation sites is 2. The number of pyridine rings is 1.